The summed E-state index contributed by atoms with van der Waals surface area (Å²) in [4.78, 5) is 21.9. The standard InChI is InChI=1S/C60H44N4O8.Zn/c1-65-53-9-10-54(66-2)38-18-30-29(17-37(38)53)45-25-47-31-19-39-40(56(68-4)12-11-55(39)67-3)20-32(31)49(62-47)27-51-35-23-43-44(60(72-8)16-15-59(43)71-7)24-36(35)52(64-51)28-50-34-22-42-41(57(69-5)13-14-58(42)70-6)21-33(34)48(63-50)26-46(30)61-45;/h9-28H,1-8H3;/q-2;+2. The summed E-state index contributed by atoms with van der Waals surface area (Å²) in [5.41, 5.74) is 9.30. The predicted octanol–water partition coefficient (Wildman–Crippen LogP) is 13.2. The number of rotatable bonds is 8. The molecule has 0 amide bonds. The summed E-state index contributed by atoms with van der Waals surface area (Å²) in [5.74, 6) is 5.69. The molecule has 73 heavy (non-hydrogen) atoms. The summed E-state index contributed by atoms with van der Waals surface area (Å²) in [6.45, 7) is 0. The molecule has 8 aromatic carbocycles. The van der Waals surface area contributed by atoms with Gasteiger partial charge in [-0.05, 0) is 143 Å². The van der Waals surface area contributed by atoms with E-state index in [0.29, 0.717) is 90.8 Å². The van der Waals surface area contributed by atoms with Crippen molar-refractivity contribution in [2.45, 2.75) is 0 Å². The van der Waals surface area contributed by atoms with Crippen molar-refractivity contribution < 1.29 is 57.4 Å². The van der Waals surface area contributed by atoms with Crippen molar-refractivity contribution >= 4 is 86.7 Å². The molecule has 8 bridgehead atoms. The maximum atomic E-state index is 5.95. The Kier molecular flexibility index (Phi) is 10.8. The fourth-order valence-corrected chi connectivity index (χ4v) is 10.9. The van der Waals surface area contributed by atoms with Crippen LogP contribution < -0.4 is 47.9 Å². The van der Waals surface area contributed by atoms with Crippen LogP contribution in [0.2, 0.25) is 0 Å². The SMILES string of the molecule is COc1ccc(OC)c2cc3c(cc12)-c1cc2[n-]c(cc4nc(cc5[n-]c(cc-3n1)c1cc3c(OC)ccc(OC)c3cc51)-c1cc3c(OC)ccc(OC)c3cc1-4)c1cc3c(OC)ccc(OC)c3cc21.[Zn+2]. The molecule has 0 fully saturated rings. The predicted molar refractivity (Wildman–Crippen MR) is 285 cm³/mol. The number of nitrogens with zero attached hydrogens (tertiary/aromatic N) is 4. The van der Waals surface area contributed by atoms with Gasteiger partial charge in [-0.3, -0.25) is 0 Å². The van der Waals surface area contributed by atoms with E-state index in [4.69, 9.17) is 57.8 Å². The zero-order chi connectivity index (χ0) is 49.1. The molecule has 13 heteroatoms. The summed E-state index contributed by atoms with van der Waals surface area (Å²) < 4.78 is 47.6. The van der Waals surface area contributed by atoms with Crippen LogP contribution in [0.25, 0.3) is 132 Å². The maximum Gasteiger partial charge on any atom is 2.00 e. The monoisotopic (exact) mass is 1010 g/mol. The fraction of sp³-hybridized carbons (Fsp3) is 0.133. The van der Waals surface area contributed by atoms with Gasteiger partial charge in [0, 0.05) is 65.3 Å². The second-order valence-electron chi connectivity index (χ2n) is 17.8. The van der Waals surface area contributed by atoms with Crippen molar-refractivity contribution in [3.05, 3.63) is 121 Å². The molecule has 0 radical (unpaired) electrons. The summed E-state index contributed by atoms with van der Waals surface area (Å²) in [6.07, 6.45) is 0. The number of benzene rings is 8. The number of ether oxygens (including phenoxy) is 8. The van der Waals surface area contributed by atoms with Gasteiger partial charge in [-0.15, -0.1) is 22.1 Å². The fourth-order valence-electron chi connectivity index (χ4n) is 10.9. The number of hydrogen-bond acceptors (Lipinski definition) is 10. The minimum atomic E-state index is 0. The van der Waals surface area contributed by atoms with E-state index in [1.54, 1.807) is 56.9 Å². The molecule has 11 aromatic rings. The Morgan fingerprint density at radius 1 is 0.247 bits per heavy atom. The van der Waals surface area contributed by atoms with E-state index in [2.05, 4.69) is 72.8 Å². The first kappa shape index (κ1) is 45.6. The van der Waals surface area contributed by atoms with Gasteiger partial charge in [-0.1, -0.05) is 0 Å². The topological polar surface area (TPSA) is 128 Å². The molecule has 0 N–H and O–H groups in total. The van der Waals surface area contributed by atoms with Gasteiger partial charge in [0.1, 0.15) is 46.0 Å². The van der Waals surface area contributed by atoms with Crippen LogP contribution in [0.1, 0.15) is 0 Å². The molecule has 3 aromatic heterocycles. The van der Waals surface area contributed by atoms with E-state index >= 15 is 0 Å². The van der Waals surface area contributed by atoms with Gasteiger partial charge in [0.25, 0.3) is 0 Å². The third-order valence-electron chi connectivity index (χ3n) is 14.3. The van der Waals surface area contributed by atoms with Crippen molar-refractivity contribution in [1.82, 2.24) is 19.9 Å². The van der Waals surface area contributed by atoms with Crippen molar-refractivity contribution in [2.24, 2.45) is 0 Å². The van der Waals surface area contributed by atoms with Crippen LogP contribution in [-0.4, -0.2) is 66.8 Å². The van der Waals surface area contributed by atoms with Crippen LogP contribution in [0, 0.1) is 0 Å². The smallest absolute Gasteiger partial charge is 0.657 e. The minimum absolute atomic E-state index is 0. The second-order valence-corrected chi connectivity index (χ2v) is 17.8. The number of methoxy groups -OCH3 is 8. The Bertz CT molecular complexity index is 3810. The molecule has 0 aliphatic carbocycles. The summed E-state index contributed by atoms with van der Waals surface area (Å²) >= 11 is 0. The van der Waals surface area contributed by atoms with Crippen LogP contribution in [0.3, 0.4) is 0 Å². The Morgan fingerprint density at radius 2 is 0.425 bits per heavy atom. The van der Waals surface area contributed by atoms with Gasteiger partial charge >= 0.3 is 19.5 Å². The molecule has 0 saturated heterocycles. The number of hydrogen-bond donors (Lipinski definition) is 0. The molecule has 12 nitrogen and oxygen atoms in total. The third-order valence-corrected chi connectivity index (χ3v) is 14.3. The van der Waals surface area contributed by atoms with Crippen LogP contribution in [-0.2, 0) is 19.5 Å². The van der Waals surface area contributed by atoms with E-state index in [1.807, 2.05) is 48.5 Å². The van der Waals surface area contributed by atoms with Crippen LogP contribution in [0.4, 0.5) is 0 Å². The number of aromatic nitrogens is 4. The molecular weight excluding hydrogens is 970 g/mol. The van der Waals surface area contributed by atoms with Gasteiger partial charge in [0.2, 0.25) is 0 Å². The van der Waals surface area contributed by atoms with E-state index in [1.165, 1.54) is 0 Å². The molecule has 354 valence electrons. The van der Waals surface area contributed by atoms with Gasteiger partial charge in [-0.25, -0.2) is 9.97 Å². The van der Waals surface area contributed by atoms with Gasteiger partial charge in [-0.2, -0.15) is 0 Å². The van der Waals surface area contributed by atoms with Crippen molar-refractivity contribution in [3.63, 3.8) is 0 Å². The normalized spacial score (nSPS) is 11.7. The first-order valence-corrected chi connectivity index (χ1v) is 23.3. The summed E-state index contributed by atoms with van der Waals surface area (Å²) in [5, 5.41) is 10.7. The van der Waals surface area contributed by atoms with E-state index in [-0.39, 0.29) is 19.5 Å². The minimum Gasteiger partial charge on any atom is -0.657 e. The Morgan fingerprint density at radius 3 is 0.603 bits per heavy atom. The summed E-state index contributed by atoms with van der Waals surface area (Å²) in [7, 11) is 13.4. The van der Waals surface area contributed by atoms with Crippen molar-refractivity contribution in [1.29, 1.82) is 0 Å². The first-order valence-electron chi connectivity index (χ1n) is 23.3. The molecule has 0 spiro atoms. The largest absolute Gasteiger partial charge is 2.00 e. The van der Waals surface area contributed by atoms with E-state index in [9.17, 15) is 0 Å². The van der Waals surface area contributed by atoms with E-state index < -0.39 is 0 Å². The van der Waals surface area contributed by atoms with Gasteiger partial charge < -0.3 is 47.9 Å². The third kappa shape index (κ3) is 6.82. The maximum absolute atomic E-state index is 5.95. The Labute approximate surface area is 431 Å². The molecule has 0 atom stereocenters. The Balaban J connectivity index is 0.00000543. The molecule has 5 heterocycles. The average molecular weight is 1010 g/mol. The van der Waals surface area contributed by atoms with Crippen LogP contribution >= 0.6 is 0 Å². The van der Waals surface area contributed by atoms with E-state index in [0.717, 1.165) is 86.9 Å². The Hall–Kier alpha value is -8.54. The van der Waals surface area contributed by atoms with Crippen molar-refractivity contribution in [2.75, 3.05) is 56.9 Å². The first-order chi connectivity index (χ1) is 35.3. The molecule has 0 unspecified atom stereocenters. The quantitative estimate of drug-likeness (QED) is 0.134. The molecule has 0 saturated carbocycles. The zero-order valence-corrected chi connectivity index (χ0v) is 44.3. The molecule has 13 rings (SSSR count). The van der Waals surface area contributed by atoms with Crippen LogP contribution in [0.5, 0.6) is 46.0 Å². The number of fused-ring (bicyclic) bond motifs is 24. The zero-order valence-electron chi connectivity index (χ0n) is 41.3. The summed E-state index contributed by atoms with van der Waals surface area (Å²) in [6, 6.07) is 40.7. The van der Waals surface area contributed by atoms with Crippen molar-refractivity contribution in [3.8, 4) is 91.0 Å². The second kappa shape index (κ2) is 17.4. The van der Waals surface area contributed by atoms with Gasteiger partial charge in [0.15, 0.2) is 0 Å². The van der Waals surface area contributed by atoms with Gasteiger partial charge in [0.05, 0.1) is 79.7 Å². The van der Waals surface area contributed by atoms with Crippen LogP contribution in [0.15, 0.2) is 121 Å². The molecule has 2 aliphatic heterocycles. The average Bonchev–Trinajstić information content (AvgIpc) is 4.14. The molecule has 2 aliphatic rings. The molecular formula is C60H44N4O8Zn.